The van der Waals surface area contributed by atoms with E-state index >= 15 is 0 Å². The number of nitrogens with one attached hydrogen (secondary N) is 2. The van der Waals surface area contributed by atoms with Crippen LogP contribution in [0.1, 0.15) is 43.6 Å². The van der Waals surface area contributed by atoms with E-state index in [0.717, 1.165) is 0 Å². The van der Waals surface area contributed by atoms with Crippen molar-refractivity contribution in [2.45, 2.75) is 45.0 Å². The van der Waals surface area contributed by atoms with Crippen LogP contribution in [-0.2, 0) is 0 Å². The SMILES string of the molecule is CC(C)(C#N)Nc1cc(-c2ccc3cc(C#N)cnn23)ncc1C(=O)NCC(F)C(C)(C)O. The number of rotatable bonds is 7. The van der Waals surface area contributed by atoms with Crippen molar-refractivity contribution in [1.82, 2.24) is 19.9 Å². The first-order valence-electron chi connectivity index (χ1n) is 10.2. The lowest BCUT2D eigenvalue weighted by molar-refractivity contribution is -0.00177. The van der Waals surface area contributed by atoms with Gasteiger partial charge in [0, 0.05) is 6.20 Å². The quantitative estimate of drug-likeness (QED) is 0.504. The molecule has 0 bridgehead atoms. The summed E-state index contributed by atoms with van der Waals surface area (Å²) in [5, 5.41) is 38.0. The van der Waals surface area contributed by atoms with Gasteiger partial charge in [-0.1, -0.05) is 0 Å². The fourth-order valence-electron chi connectivity index (χ4n) is 3.03. The number of carbonyl (C=O) groups excluding carboxylic acids is 1. The average molecular weight is 449 g/mol. The number of amides is 1. The predicted octanol–water partition coefficient (Wildman–Crippen LogP) is 2.82. The third-order valence-corrected chi connectivity index (χ3v) is 4.98. The molecule has 0 saturated carbocycles. The minimum absolute atomic E-state index is 0.116. The zero-order chi connectivity index (χ0) is 24.4. The van der Waals surface area contributed by atoms with E-state index in [1.807, 2.05) is 6.07 Å². The van der Waals surface area contributed by atoms with Crippen molar-refractivity contribution in [2.24, 2.45) is 0 Å². The number of hydrogen-bond acceptors (Lipinski definition) is 7. The topological polar surface area (TPSA) is 139 Å². The van der Waals surface area contributed by atoms with Gasteiger partial charge in [0.1, 0.15) is 17.8 Å². The summed E-state index contributed by atoms with van der Waals surface area (Å²) < 4.78 is 15.7. The number of nitrogens with zero attached hydrogens (tertiary/aromatic N) is 5. The van der Waals surface area contributed by atoms with Crippen molar-refractivity contribution in [3.8, 4) is 23.5 Å². The predicted molar refractivity (Wildman–Crippen MR) is 120 cm³/mol. The van der Waals surface area contributed by atoms with E-state index in [4.69, 9.17) is 5.26 Å². The van der Waals surface area contributed by atoms with Gasteiger partial charge >= 0.3 is 0 Å². The van der Waals surface area contributed by atoms with Gasteiger partial charge in [0.2, 0.25) is 0 Å². The molecule has 9 nitrogen and oxygen atoms in total. The highest BCUT2D eigenvalue weighted by atomic mass is 19.1. The van der Waals surface area contributed by atoms with Gasteiger partial charge in [0.05, 0.1) is 58.1 Å². The van der Waals surface area contributed by atoms with Crippen LogP contribution in [0.4, 0.5) is 10.1 Å². The third kappa shape index (κ3) is 5.25. The van der Waals surface area contributed by atoms with E-state index in [9.17, 15) is 19.6 Å². The van der Waals surface area contributed by atoms with E-state index in [2.05, 4.69) is 26.8 Å². The van der Waals surface area contributed by atoms with Crippen molar-refractivity contribution in [3.63, 3.8) is 0 Å². The Morgan fingerprint density at radius 2 is 1.97 bits per heavy atom. The maximum atomic E-state index is 14.1. The van der Waals surface area contributed by atoms with Crippen molar-refractivity contribution < 1.29 is 14.3 Å². The number of hydrogen-bond donors (Lipinski definition) is 3. The van der Waals surface area contributed by atoms with Gasteiger partial charge in [-0.2, -0.15) is 15.6 Å². The lowest BCUT2D eigenvalue weighted by atomic mass is 10.0. The van der Waals surface area contributed by atoms with Crippen LogP contribution >= 0.6 is 0 Å². The molecular formula is C23H24FN7O2. The van der Waals surface area contributed by atoms with Crippen LogP contribution in [0.3, 0.4) is 0 Å². The van der Waals surface area contributed by atoms with Crippen LogP contribution in [-0.4, -0.2) is 49.5 Å². The maximum absolute atomic E-state index is 14.1. The Kier molecular flexibility index (Phi) is 6.34. The standard InChI is InChI=1S/C23H24FN7O2/c1-22(2,13-26)30-17-8-18(19-6-5-15-7-14(9-25)10-29-31(15)19)27-11-16(17)21(32)28-12-20(24)23(3,4)33/h5-8,10-11,20,33H,12H2,1-4H3,(H,27,30)(H,28,32). The van der Waals surface area contributed by atoms with Crippen LogP contribution in [0, 0.1) is 22.7 Å². The Hall–Kier alpha value is -4.02. The van der Waals surface area contributed by atoms with Crippen LogP contribution in [0.2, 0.25) is 0 Å². The van der Waals surface area contributed by atoms with E-state index < -0.39 is 23.2 Å². The number of carbonyl (C=O) groups is 1. The summed E-state index contributed by atoms with van der Waals surface area (Å²) in [6.45, 7) is 5.55. The number of pyridine rings is 1. The van der Waals surface area contributed by atoms with Gasteiger partial charge in [-0.15, -0.1) is 0 Å². The molecule has 3 rings (SSSR count). The molecule has 0 aliphatic carbocycles. The van der Waals surface area contributed by atoms with Crippen LogP contribution in [0.5, 0.6) is 0 Å². The molecular weight excluding hydrogens is 425 g/mol. The van der Waals surface area contributed by atoms with Gasteiger partial charge in [0.25, 0.3) is 5.91 Å². The second-order valence-electron chi connectivity index (χ2n) is 8.72. The van der Waals surface area contributed by atoms with Gasteiger partial charge in [-0.3, -0.25) is 9.78 Å². The number of nitriles is 2. The first-order valence-corrected chi connectivity index (χ1v) is 10.2. The summed E-state index contributed by atoms with van der Waals surface area (Å²) in [7, 11) is 0. The zero-order valence-electron chi connectivity index (χ0n) is 18.7. The summed E-state index contributed by atoms with van der Waals surface area (Å²) in [6, 6.07) is 11.0. The molecule has 170 valence electrons. The molecule has 10 heteroatoms. The highest BCUT2D eigenvalue weighted by Gasteiger charge is 2.28. The Morgan fingerprint density at radius 3 is 2.61 bits per heavy atom. The first kappa shape index (κ1) is 23.6. The Labute approximate surface area is 190 Å². The number of aliphatic hydroxyl groups is 1. The molecule has 33 heavy (non-hydrogen) atoms. The molecule has 0 aromatic carbocycles. The van der Waals surface area contributed by atoms with Gasteiger partial charge < -0.3 is 15.7 Å². The molecule has 1 amide bonds. The Bertz CT molecular complexity index is 1280. The molecule has 0 spiro atoms. The van der Waals surface area contributed by atoms with E-state index in [0.29, 0.717) is 28.2 Å². The molecule has 0 radical (unpaired) electrons. The monoisotopic (exact) mass is 449 g/mol. The molecule has 3 heterocycles. The fourth-order valence-corrected chi connectivity index (χ4v) is 3.03. The van der Waals surface area contributed by atoms with Crippen molar-refractivity contribution in [2.75, 3.05) is 11.9 Å². The summed E-state index contributed by atoms with van der Waals surface area (Å²) in [6.07, 6.45) is 1.10. The fraction of sp³-hybridized carbons (Fsp3) is 0.348. The Balaban J connectivity index is 2.00. The smallest absolute Gasteiger partial charge is 0.255 e. The van der Waals surface area contributed by atoms with Gasteiger partial charge in [-0.05, 0) is 52.0 Å². The van der Waals surface area contributed by atoms with E-state index in [1.165, 1.54) is 26.2 Å². The highest BCUT2D eigenvalue weighted by molar-refractivity contribution is 6.00. The van der Waals surface area contributed by atoms with Crippen molar-refractivity contribution in [1.29, 1.82) is 10.5 Å². The van der Waals surface area contributed by atoms with E-state index in [1.54, 1.807) is 42.6 Å². The molecule has 0 aliphatic rings. The normalized spacial score (nSPS) is 12.6. The summed E-state index contributed by atoms with van der Waals surface area (Å²) in [5.74, 6) is -0.603. The second-order valence-corrected chi connectivity index (χ2v) is 8.72. The number of aromatic nitrogens is 3. The zero-order valence-corrected chi connectivity index (χ0v) is 18.7. The van der Waals surface area contributed by atoms with Crippen molar-refractivity contribution >= 4 is 17.1 Å². The van der Waals surface area contributed by atoms with Crippen molar-refractivity contribution in [3.05, 3.63) is 47.8 Å². The minimum atomic E-state index is -1.67. The minimum Gasteiger partial charge on any atom is -0.387 e. The number of fused-ring (bicyclic) bond motifs is 1. The molecule has 0 aliphatic heterocycles. The number of alkyl halides is 1. The highest BCUT2D eigenvalue weighted by Crippen LogP contribution is 2.27. The van der Waals surface area contributed by atoms with Crippen LogP contribution in [0.25, 0.3) is 16.9 Å². The number of halogens is 1. The van der Waals surface area contributed by atoms with Gasteiger partial charge in [-0.25, -0.2) is 8.91 Å². The average Bonchev–Trinajstić information content (AvgIpc) is 3.19. The largest absolute Gasteiger partial charge is 0.387 e. The van der Waals surface area contributed by atoms with E-state index in [-0.39, 0.29) is 12.1 Å². The first-order chi connectivity index (χ1) is 15.4. The second kappa shape index (κ2) is 8.85. The third-order valence-electron chi connectivity index (χ3n) is 4.98. The summed E-state index contributed by atoms with van der Waals surface area (Å²) in [5.41, 5.74) is 0.0303. The lowest BCUT2D eigenvalue weighted by Crippen LogP contribution is -2.42. The molecule has 0 fully saturated rings. The molecule has 3 N–H and O–H groups in total. The Morgan fingerprint density at radius 1 is 1.24 bits per heavy atom. The molecule has 1 atom stereocenters. The maximum Gasteiger partial charge on any atom is 0.255 e. The number of anilines is 1. The molecule has 0 saturated heterocycles. The lowest BCUT2D eigenvalue weighted by Gasteiger charge is -2.24. The van der Waals surface area contributed by atoms with Crippen LogP contribution < -0.4 is 10.6 Å². The summed E-state index contributed by atoms with van der Waals surface area (Å²) in [4.78, 5) is 17.2. The van der Waals surface area contributed by atoms with Crippen LogP contribution in [0.15, 0.2) is 36.7 Å². The summed E-state index contributed by atoms with van der Waals surface area (Å²) >= 11 is 0. The molecule has 3 aromatic rings. The molecule has 1 unspecified atom stereocenters. The van der Waals surface area contributed by atoms with Gasteiger partial charge in [0.15, 0.2) is 0 Å². The molecule has 3 aromatic heterocycles.